The molecular weight excluding hydrogens is 451 g/mol. The lowest BCUT2D eigenvalue weighted by atomic mass is 9.81. The lowest BCUT2D eigenvalue weighted by molar-refractivity contribution is -0.117. The summed E-state index contributed by atoms with van der Waals surface area (Å²) in [6, 6.07) is 18.8. The highest BCUT2D eigenvalue weighted by atomic mass is 19.1. The van der Waals surface area contributed by atoms with E-state index in [1.165, 1.54) is 11.6 Å². The number of Topliss-reactive ketones (excluding diaryl/α,β-unsaturated/α-hetero) is 1. The van der Waals surface area contributed by atoms with Crippen molar-refractivity contribution in [2.75, 3.05) is 7.11 Å². The van der Waals surface area contributed by atoms with Gasteiger partial charge in [0.1, 0.15) is 29.7 Å². The average molecular weight is 489 g/mol. The van der Waals surface area contributed by atoms with Crippen molar-refractivity contribution in [1.82, 2.24) is 0 Å². The van der Waals surface area contributed by atoms with Gasteiger partial charge in [0.15, 0.2) is 0 Å². The summed E-state index contributed by atoms with van der Waals surface area (Å²) in [5, 5.41) is 0. The maximum Gasteiger partial charge on any atom is 0.131 e. The summed E-state index contributed by atoms with van der Waals surface area (Å²) >= 11 is 0. The fraction of sp³-hybridized carbons (Fsp3) is 0.344. The first-order valence-electron chi connectivity index (χ1n) is 12.3. The molecule has 0 amide bonds. The van der Waals surface area contributed by atoms with E-state index in [0.29, 0.717) is 24.3 Å². The molecular formula is C32H37FO3. The molecule has 0 N–H and O–H groups in total. The van der Waals surface area contributed by atoms with Crippen molar-refractivity contribution in [2.45, 2.75) is 65.9 Å². The monoisotopic (exact) mass is 488 g/mol. The van der Waals surface area contributed by atoms with Gasteiger partial charge in [-0.2, -0.15) is 0 Å². The second-order valence-electron chi connectivity index (χ2n) is 10.6. The number of methoxy groups -OCH3 is 1. The summed E-state index contributed by atoms with van der Waals surface area (Å²) < 4.78 is 26.3. The van der Waals surface area contributed by atoms with E-state index in [2.05, 4.69) is 32.9 Å². The summed E-state index contributed by atoms with van der Waals surface area (Å²) in [6.45, 7) is 12.4. The Morgan fingerprint density at radius 1 is 0.917 bits per heavy atom. The molecule has 0 radical (unpaired) electrons. The van der Waals surface area contributed by atoms with Crippen molar-refractivity contribution in [3.63, 3.8) is 0 Å². The number of hydrogen-bond donors (Lipinski definition) is 0. The number of halogens is 1. The van der Waals surface area contributed by atoms with E-state index < -0.39 is 0 Å². The Balaban J connectivity index is 1.86. The molecule has 1 atom stereocenters. The molecule has 3 nitrogen and oxygen atoms in total. The number of carbonyl (C=O) groups excluding carboxylic acids is 1. The number of ether oxygens (including phenoxy) is 2. The summed E-state index contributed by atoms with van der Waals surface area (Å²) in [7, 11) is 1.58. The molecule has 0 bridgehead atoms. The summed E-state index contributed by atoms with van der Waals surface area (Å²) in [5.74, 6) is 1.30. The lowest BCUT2D eigenvalue weighted by Gasteiger charge is -2.24. The highest BCUT2D eigenvalue weighted by Crippen LogP contribution is 2.37. The van der Waals surface area contributed by atoms with E-state index in [4.69, 9.17) is 9.47 Å². The second-order valence-corrected chi connectivity index (χ2v) is 10.6. The smallest absolute Gasteiger partial charge is 0.131 e. The molecule has 3 rings (SSSR count). The van der Waals surface area contributed by atoms with Gasteiger partial charge in [0, 0.05) is 17.9 Å². The van der Waals surface area contributed by atoms with Crippen LogP contribution in [0.25, 0.3) is 11.1 Å². The van der Waals surface area contributed by atoms with Crippen LogP contribution >= 0.6 is 0 Å². The van der Waals surface area contributed by atoms with Crippen LogP contribution in [0.15, 0.2) is 72.3 Å². The number of allylic oxidation sites excluding steroid dienone is 2. The van der Waals surface area contributed by atoms with Crippen LogP contribution in [-0.4, -0.2) is 12.9 Å². The molecule has 0 aliphatic carbocycles. The van der Waals surface area contributed by atoms with Crippen LogP contribution in [0, 0.1) is 5.82 Å². The van der Waals surface area contributed by atoms with Gasteiger partial charge in [0.25, 0.3) is 0 Å². The predicted molar refractivity (Wildman–Crippen MR) is 145 cm³/mol. The zero-order valence-corrected chi connectivity index (χ0v) is 22.4. The Labute approximate surface area is 215 Å². The minimum absolute atomic E-state index is 0.0619. The minimum atomic E-state index is -0.286. The number of carbonyl (C=O) groups is 1. The van der Waals surface area contributed by atoms with Gasteiger partial charge in [-0.15, -0.1) is 0 Å². The van der Waals surface area contributed by atoms with Gasteiger partial charge in [0.2, 0.25) is 0 Å². The van der Waals surface area contributed by atoms with Crippen LogP contribution < -0.4 is 9.47 Å². The van der Waals surface area contributed by atoms with E-state index in [1.807, 2.05) is 50.2 Å². The first kappa shape index (κ1) is 27.2. The van der Waals surface area contributed by atoms with Crippen LogP contribution in [0.3, 0.4) is 0 Å². The standard InChI is InChI=1S/C32H37FO3/c1-21(2)16-25(17-22(3)34)24-9-11-26(12-10-24)36-20-23-8-14-30(32(4,5)6)28(18-23)29-19-27(35-7)13-15-31(29)33/h8-16,18-19,25H,17,20H2,1-7H3/t25-/m1/s1. The third-order valence-electron chi connectivity index (χ3n) is 6.11. The zero-order chi connectivity index (χ0) is 26.5. The third kappa shape index (κ3) is 7.07. The Hall–Kier alpha value is -3.40. The van der Waals surface area contributed by atoms with Gasteiger partial charge in [0.05, 0.1) is 7.11 Å². The van der Waals surface area contributed by atoms with Crippen LogP contribution in [0.1, 0.15) is 70.6 Å². The Morgan fingerprint density at radius 3 is 2.17 bits per heavy atom. The van der Waals surface area contributed by atoms with Crippen molar-refractivity contribution < 1.29 is 18.7 Å². The van der Waals surface area contributed by atoms with Crippen molar-refractivity contribution >= 4 is 5.78 Å². The molecule has 0 heterocycles. The average Bonchev–Trinajstić information content (AvgIpc) is 2.81. The van der Waals surface area contributed by atoms with Gasteiger partial charge in [-0.25, -0.2) is 4.39 Å². The van der Waals surface area contributed by atoms with Crippen molar-refractivity contribution in [2.24, 2.45) is 0 Å². The van der Waals surface area contributed by atoms with E-state index >= 15 is 0 Å². The fourth-order valence-electron chi connectivity index (χ4n) is 4.36. The van der Waals surface area contributed by atoms with Crippen LogP contribution in [0.2, 0.25) is 0 Å². The summed E-state index contributed by atoms with van der Waals surface area (Å²) in [5.41, 5.74) is 5.46. The van der Waals surface area contributed by atoms with Crippen LogP contribution in [-0.2, 0) is 16.8 Å². The van der Waals surface area contributed by atoms with Gasteiger partial charge in [-0.05, 0) is 84.8 Å². The molecule has 0 unspecified atom stereocenters. The van der Waals surface area contributed by atoms with E-state index in [-0.39, 0.29) is 22.9 Å². The maximum absolute atomic E-state index is 14.9. The van der Waals surface area contributed by atoms with E-state index in [0.717, 1.165) is 28.0 Å². The highest BCUT2D eigenvalue weighted by Gasteiger charge is 2.21. The van der Waals surface area contributed by atoms with Crippen LogP contribution in [0.4, 0.5) is 4.39 Å². The minimum Gasteiger partial charge on any atom is -0.497 e. The fourth-order valence-corrected chi connectivity index (χ4v) is 4.36. The molecule has 3 aromatic carbocycles. The first-order valence-corrected chi connectivity index (χ1v) is 12.3. The Bertz CT molecular complexity index is 1230. The summed E-state index contributed by atoms with van der Waals surface area (Å²) in [4.78, 5) is 11.7. The third-order valence-corrected chi connectivity index (χ3v) is 6.11. The topological polar surface area (TPSA) is 35.5 Å². The molecule has 0 aliphatic heterocycles. The normalized spacial score (nSPS) is 12.1. The molecule has 36 heavy (non-hydrogen) atoms. The molecule has 0 saturated carbocycles. The van der Waals surface area contributed by atoms with Gasteiger partial charge in [-0.3, -0.25) is 4.79 Å². The SMILES string of the molecule is COc1ccc(F)c(-c2cc(COc3ccc([C@H](C=C(C)C)CC(C)=O)cc3)ccc2C(C)(C)C)c1. The Kier molecular flexibility index (Phi) is 8.73. The van der Waals surface area contributed by atoms with Crippen molar-refractivity contribution in [3.8, 4) is 22.6 Å². The quantitative estimate of drug-likeness (QED) is 0.284. The number of hydrogen-bond acceptors (Lipinski definition) is 3. The number of rotatable bonds is 9. The molecule has 0 aromatic heterocycles. The largest absolute Gasteiger partial charge is 0.497 e. The second kappa shape index (κ2) is 11.6. The molecule has 3 aromatic rings. The summed E-state index contributed by atoms with van der Waals surface area (Å²) in [6.07, 6.45) is 2.61. The number of benzene rings is 3. The molecule has 190 valence electrons. The maximum atomic E-state index is 14.9. The highest BCUT2D eigenvalue weighted by molar-refractivity contribution is 5.77. The van der Waals surface area contributed by atoms with Crippen molar-refractivity contribution in [3.05, 3.63) is 94.8 Å². The predicted octanol–water partition coefficient (Wildman–Crippen LogP) is 8.41. The first-order chi connectivity index (χ1) is 17.0. The molecule has 4 heteroatoms. The van der Waals surface area contributed by atoms with E-state index in [1.54, 1.807) is 26.2 Å². The Morgan fingerprint density at radius 2 is 1.58 bits per heavy atom. The van der Waals surface area contributed by atoms with Gasteiger partial charge in [-0.1, -0.05) is 56.7 Å². The van der Waals surface area contributed by atoms with Gasteiger partial charge >= 0.3 is 0 Å². The van der Waals surface area contributed by atoms with Gasteiger partial charge < -0.3 is 9.47 Å². The molecule has 0 saturated heterocycles. The van der Waals surface area contributed by atoms with E-state index in [9.17, 15) is 9.18 Å². The number of ketones is 1. The zero-order valence-electron chi connectivity index (χ0n) is 22.4. The lowest BCUT2D eigenvalue weighted by Crippen LogP contribution is -2.13. The van der Waals surface area contributed by atoms with Crippen molar-refractivity contribution in [1.29, 1.82) is 0 Å². The molecule has 0 fully saturated rings. The van der Waals surface area contributed by atoms with Crippen LogP contribution in [0.5, 0.6) is 11.5 Å². The molecule has 0 spiro atoms. The molecule has 0 aliphatic rings.